The van der Waals surface area contributed by atoms with Crippen LogP contribution in [0.3, 0.4) is 0 Å². The molecule has 0 aliphatic heterocycles. The number of fused-ring (bicyclic) bond motifs is 1. The quantitative estimate of drug-likeness (QED) is 0.0921. The van der Waals surface area contributed by atoms with E-state index in [-0.39, 0.29) is 36.2 Å². The lowest BCUT2D eigenvalue weighted by Crippen LogP contribution is -2.42. The van der Waals surface area contributed by atoms with Crippen LogP contribution >= 0.6 is 22.6 Å². The van der Waals surface area contributed by atoms with E-state index in [1.165, 1.54) is 42.1 Å². The molecule has 4 rings (SSSR count). The average Bonchev–Trinajstić information content (AvgIpc) is 3.41. The highest BCUT2D eigenvalue weighted by molar-refractivity contribution is 14.1. The fourth-order valence-corrected chi connectivity index (χ4v) is 6.82. The van der Waals surface area contributed by atoms with Crippen molar-refractivity contribution in [1.29, 1.82) is 0 Å². The summed E-state index contributed by atoms with van der Waals surface area (Å²) in [6.07, 6.45) is 11.4. The summed E-state index contributed by atoms with van der Waals surface area (Å²) in [7, 11) is 0. The second kappa shape index (κ2) is 17.6. The van der Waals surface area contributed by atoms with E-state index < -0.39 is 0 Å². The first kappa shape index (κ1) is 34.0. The van der Waals surface area contributed by atoms with Crippen molar-refractivity contribution in [2.24, 2.45) is 5.92 Å². The number of carbonyl (C=O) groups excluding carboxylic acids is 3. The molecule has 0 spiro atoms. The summed E-state index contributed by atoms with van der Waals surface area (Å²) in [5.41, 5.74) is 3.42. The number of alkyl halides is 1. The molecular formula is C36H49IN4O3. The lowest BCUT2D eigenvalue weighted by atomic mass is 9.85. The molecule has 0 radical (unpaired) electrons. The number of hydrogen-bond donors (Lipinski definition) is 2. The van der Waals surface area contributed by atoms with E-state index >= 15 is 0 Å². The molecule has 44 heavy (non-hydrogen) atoms. The van der Waals surface area contributed by atoms with Gasteiger partial charge in [0.2, 0.25) is 11.8 Å². The van der Waals surface area contributed by atoms with Crippen molar-refractivity contribution in [3.05, 3.63) is 65.9 Å². The van der Waals surface area contributed by atoms with Gasteiger partial charge in [0.15, 0.2) is 0 Å². The number of nitrogens with zero attached hydrogens (tertiary/aromatic N) is 2. The molecule has 0 atom stereocenters. The molecule has 1 fully saturated rings. The van der Waals surface area contributed by atoms with Gasteiger partial charge in [-0.1, -0.05) is 85.5 Å². The molecular weight excluding hydrogens is 663 g/mol. The third-order valence-corrected chi connectivity index (χ3v) is 9.64. The molecule has 1 heterocycles. The molecule has 1 aliphatic rings. The summed E-state index contributed by atoms with van der Waals surface area (Å²) in [4.78, 5) is 41.8. The van der Waals surface area contributed by atoms with Crippen LogP contribution in [0.1, 0.15) is 94.1 Å². The van der Waals surface area contributed by atoms with Crippen LogP contribution in [-0.4, -0.2) is 45.8 Å². The van der Waals surface area contributed by atoms with E-state index in [9.17, 15) is 14.4 Å². The van der Waals surface area contributed by atoms with Crippen LogP contribution in [0.2, 0.25) is 0 Å². The van der Waals surface area contributed by atoms with E-state index in [1.54, 1.807) is 4.90 Å². The van der Waals surface area contributed by atoms with Crippen LogP contribution in [-0.2, 0) is 22.6 Å². The van der Waals surface area contributed by atoms with Crippen LogP contribution in [0.15, 0.2) is 54.6 Å². The van der Waals surface area contributed by atoms with E-state index in [2.05, 4.69) is 52.3 Å². The number of carbonyl (C=O) groups is 3. The van der Waals surface area contributed by atoms with Gasteiger partial charge in [-0.3, -0.25) is 14.4 Å². The Labute approximate surface area is 276 Å². The maximum absolute atomic E-state index is 13.7. The summed E-state index contributed by atoms with van der Waals surface area (Å²) >= 11 is 2.43. The Kier molecular flexibility index (Phi) is 13.6. The van der Waals surface area contributed by atoms with Crippen molar-refractivity contribution in [2.45, 2.75) is 97.1 Å². The van der Waals surface area contributed by atoms with Gasteiger partial charge < -0.3 is 20.1 Å². The standard InChI is InChI=1S/C36H49IN4O3/c1-3-27-14-13-16-31(24-27)40(4-2)34(42)26-41-32-17-10-9-15-29(32)25-33(41)36(44)39-30-20-18-28(19-21-30)35(43)38-23-12-8-6-5-7-11-22-37/h9-10,13-17,24-25,28,30H,3-8,11-12,18-23,26H2,1-2H3,(H,38,43)(H,39,44)/t28-,30-. The minimum Gasteiger partial charge on any atom is -0.356 e. The van der Waals surface area contributed by atoms with Crippen LogP contribution in [0.5, 0.6) is 0 Å². The minimum atomic E-state index is -0.170. The zero-order valence-electron chi connectivity index (χ0n) is 26.5. The molecule has 2 N–H and O–H groups in total. The minimum absolute atomic E-state index is 0.0141. The second-order valence-electron chi connectivity index (χ2n) is 12.0. The molecule has 8 heteroatoms. The monoisotopic (exact) mass is 712 g/mol. The van der Waals surface area contributed by atoms with Gasteiger partial charge in [0, 0.05) is 41.6 Å². The van der Waals surface area contributed by atoms with Gasteiger partial charge in [0.25, 0.3) is 5.91 Å². The van der Waals surface area contributed by atoms with Crippen LogP contribution in [0, 0.1) is 5.92 Å². The van der Waals surface area contributed by atoms with Crippen molar-refractivity contribution in [3.8, 4) is 0 Å². The van der Waals surface area contributed by atoms with E-state index in [1.807, 2.05) is 54.0 Å². The predicted octanol–water partition coefficient (Wildman–Crippen LogP) is 7.44. The molecule has 1 aromatic heterocycles. The van der Waals surface area contributed by atoms with Gasteiger partial charge in [-0.15, -0.1) is 0 Å². The first-order valence-electron chi connectivity index (χ1n) is 16.6. The van der Waals surface area contributed by atoms with E-state index in [0.29, 0.717) is 12.2 Å². The number of hydrogen-bond acceptors (Lipinski definition) is 3. The summed E-state index contributed by atoms with van der Waals surface area (Å²) < 4.78 is 3.08. The Balaban J connectivity index is 1.33. The van der Waals surface area contributed by atoms with Gasteiger partial charge in [0.1, 0.15) is 12.2 Å². The summed E-state index contributed by atoms with van der Waals surface area (Å²) in [6, 6.07) is 17.8. The van der Waals surface area contributed by atoms with Gasteiger partial charge in [-0.05, 0) is 86.1 Å². The largest absolute Gasteiger partial charge is 0.356 e. The maximum Gasteiger partial charge on any atom is 0.268 e. The smallest absolute Gasteiger partial charge is 0.268 e. The number of amides is 3. The molecule has 0 unspecified atom stereocenters. The number of aromatic nitrogens is 1. The molecule has 0 saturated heterocycles. The Hall–Kier alpha value is -2.88. The SMILES string of the molecule is CCc1cccc(N(CC)C(=O)Cn2c(C(=O)N[C@H]3CC[C@H](C(=O)NCCCCCCCCI)CC3)cc3ccccc32)c1. The van der Waals surface area contributed by atoms with Crippen LogP contribution in [0.4, 0.5) is 5.69 Å². The lowest BCUT2D eigenvalue weighted by molar-refractivity contribution is -0.126. The lowest BCUT2D eigenvalue weighted by Gasteiger charge is -2.28. The Morgan fingerprint density at radius 3 is 2.34 bits per heavy atom. The first-order chi connectivity index (χ1) is 21.4. The summed E-state index contributed by atoms with van der Waals surface area (Å²) in [5.74, 6) is -0.0549. The number of likely N-dealkylation sites (N-methyl/N-ethyl adjacent to an activating group) is 1. The highest BCUT2D eigenvalue weighted by Gasteiger charge is 2.28. The molecule has 2 aromatic carbocycles. The molecule has 3 aromatic rings. The third kappa shape index (κ3) is 9.31. The number of unbranched alkanes of at least 4 members (excludes halogenated alkanes) is 5. The maximum atomic E-state index is 13.7. The Bertz CT molecular complexity index is 1380. The highest BCUT2D eigenvalue weighted by Crippen LogP contribution is 2.26. The Morgan fingerprint density at radius 1 is 0.886 bits per heavy atom. The normalized spacial score (nSPS) is 16.5. The van der Waals surface area contributed by atoms with Crippen LogP contribution in [0.25, 0.3) is 10.9 Å². The van der Waals surface area contributed by atoms with Gasteiger partial charge >= 0.3 is 0 Å². The first-order valence-corrected chi connectivity index (χ1v) is 18.1. The number of benzene rings is 2. The average molecular weight is 713 g/mol. The van der Waals surface area contributed by atoms with Crippen molar-refractivity contribution in [3.63, 3.8) is 0 Å². The number of para-hydroxylation sites is 1. The van der Waals surface area contributed by atoms with E-state index in [4.69, 9.17) is 0 Å². The number of aryl methyl sites for hydroxylation is 1. The highest BCUT2D eigenvalue weighted by atomic mass is 127. The number of halogens is 1. The Morgan fingerprint density at radius 2 is 1.61 bits per heavy atom. The number of rotatable bonds is 16. The van der Waals surface area contributed by atoms with Gasteiger partial charge in [-0.25, -0.2) is 0 Å². The van der Waals surface area contributed by atoms with Crippen molar-refractivity contribution in [1.82, 2.24) is 15.2 Å². The summed E-state index contributed by atoms with van der Waals surface area (Å²) in [5, 5.41) is 7.30. The summed E-state index contributed by atoms with van der Waals surface area (Å²) in [6.45, 7) is 5.45. The molecule has 7 nitrogen and oxygen atoms in total. The number of anilines is 1. The number of nitrogens with one attached hydrogen (secondary N) is 2. The molecule has 238 valence electrons. The third-order valence-electron chi connectivity index (χ3n) is 8.88. The van der Waals surface area contributed by atoms with Crippen molar-refractivity contribution in [2.75, 3.05) is 22.4 Å². The van der Waals surface area contributed by atoms with Crippen molar-refractivity contribution < 1.29 is 14.4 Å². The fourth-order valence-electron chi connectivity index (χ4n) is 6.28. The molecule has 1 aliphatic carbocycles. The van der Waals surface area contributed by atoms with Crippen molar-refractivity contribution >= 4 is 56.9 Å². The predicted molar refractivity (Wildman–Crippen MR) is 189 cm³/mol. The second-order valence-corrected chi connectivity index (χ2v) is 13.0. The van der Waals surface area contributed by atoms with Gasteiger partial charge in [0.05, 0.1) is 0 Å². The zero-order valence-corrected chi connectivity index (χ0v) is 28.6. The van der Waals surface area contributed by atoms with Crippen LogP contribution < -0.4 is 15.5 Å². The fraction of sp³-hybridized carbons (Fsp3) is 0.528. The molecule has 1 saturated carbocycles. The van der Waals surface area contributed by atoms with Gasteiger partial charge in [-0.2, -0.15) is 0 Å². The molecule has 3 amide bonds. The molecule has 0 bridgehead atoms. The van der Waals surface area contributed by atoms with E-state index in [0.717, 1.165) is 61.7 Å². The zero-order chi connectivity index (χ0) is 31.3. The topological polar surface area (TPSA) is 83.4 Å².